The monoisotopic (exact) mass is 352 g/mol. The van der Waals surface area contributed by atoms with Crippen LogP contribution < -0.4 is 5.56 Å². The van der Waals surface area contributed by atoms with Gasteiger partial charge in [-0.2, -0.15) is 0 Å². The molecular formula is C18H20N6O2. The normalized spacial score (nSPS) is 14.8. The highest BCUT2D eigenvalue weighted by molar-refractivity contribution is 5.49. The fourth-order valence-electron chi connectivity index (χ4n) is 3.19. The Morgan fingerprint density at radius 1 is 1.23 bits per heavy atom. The van der Waals surface area contributed by atoms with Crippen LogP contribution in [0.3, 0.4) is 0 Å². The van der Waals surface area contributed by atoms with Gasteiger partial charge in [-0.3, -0.25) is 19.2 Å². The van der Waals surface area contributed by atoms with Crippen molar-refractivity contribution in [1.82, 2.24) is 29.6 Å². The number of aryl methyl sites for hydroxylation is 1. The van der Waals surface area contributed by atoms with Crippen LogP contribution >= 0.6 is 0 Å². The smallest absolute Gasteiger partial charge is 0.256 e. The van der Waals surface area contributed by atoms with E-state index < -0.39 is 0 Å². The SMILES string of the molecule is Cc1nc2c(c(=O)n1C)CCN(Cc1nnc(-c3cccnc3)o1)CC2. The fraction of sp³-hybridized carbons (Fsp3) is 0.389. The molecule has 4 rings (SSSR count). The van der Waals surface area contributed by atoms with E-state index in [1.165, 1.54) is 0 Å². The van der Waals surface area contributed by atoms with Crippen molar-refractivity contribution in [3.8, 4) is 11.5 Å². The van der Waals surface area contributed by atoms with E-state index in [2.05, 4.69) is 25.1 Å². The summed E-state index contributed by atoms with van der Waals surface area (Å²) in [5.41, 5.74) is 2.60. The van der Waals surface area contributed by atoms with Gasteiger partial charge in [0.05, 0.1) is 17.8 Å². The van der Waals surface area contributed by atoms with Crippen molar-refractivity contribution in [3.63, 3.8) is 0 Å². The van der Waals surface area contributed by atoms with Crippen molar-refractivity contribution in [2.45, 2.75) is 26.3 Å². The average Bonchev–Trinajstić information content (AvgIpc) is 3.03. The molecule has 0 spiro atoms. The molecular weight excluding hydrogens is 332 g/mol. The largest absolute Gasteiger partial charge is 0.419 e. The van der Waals surface area contributed by atoms with E-state index >= 15 is 0 Å². The molecule has 0 atom stereocenters. The Hall–Kier alpha value is -2.87. The highest BCUT2D eigenvalue weighted by atomic mass is 16.4. The molecule has 0 N–H and O–H groups in total. The summed E-state index contributed by atoms with van der Waals surface area (Å²) in [5.74, 6) is 1.78. The van der Waals surface area contributed by atoms with Crippen LogP contribution in [0.5, 0.6) is 0 Å². The second-order valence-corrected chi connectivity index (χ2v) is 6.47. The molecule has 0 fully saturated rings. The molecule has 0 saturated heterocycles. The molecule has 4 heterocycles. The minimum atomic E-state index is 0.0611. The van der Waals surface area contributed by atoms with Gasteiger partial charge >= 0.3 is 0 Å². The van der Waals surface area contributed by atoms with Gasteiger partial charge in [-0.15, -0.1) is 10.2 Å². The molecule has 1 aliphatic rings. The van der Waals surface area contributed by atoms with Gasteiger partial charge in [0.25, 0.3) is 5.56 Å². The first-order valence-corrected chi connectivity index (χ1v) is 8.62. The van der Waals surface area contributed by atoms with Crippen molar-refractivity contribution in [2.75, 3.05) is 13.1 Å². The van der Waals surface area contributed by atoms with Gasteiger partial charge in [0.1, 0.15) is 5.82 Å². The van der Waals surface area contributed by atoms with Gasteiger partial charge < -0.3 is 4.42 Å². The van der Waals surface area contributed by atoms with Gasteiger partial charge in [-0.1, -0.05) is 0 Å². The molecule has 3 aromatic heterocycles. The summed E-state index contributed by atoms with van der Waals surface area (Å²) in [6.45, 7) is 3.98. The predicted molar refractivity (Wildman–Crippen MR) is 94.4 cm³/mol. The third-order valence-corrected chi connectivity index (χ3v) is 4.77. The molecule has 1 aliphatic heterocycles. The molecule has 0 aromatic carbocycles. The topological polar surface area (TPSA) is 89.9 Å². The molecule has 0 bridgehead atoms. The molecule has 0 saturated carbocycles. The molecule has 26 heavy (non-hydrogen) atoms. The van der Waals surface area contributed by atoms with E-state index in [0.717, 1.165) is 42.2 Å². The maximum absolute atomic E-state index is 12.5. The zero-order valence-corrected chi connectivity index (χ0v) is 14.8. The lowest BCUT2D eigenvalue weighted by Crippen LogP contribution is -2.28. The summed E-state index contributed by atoms with van der Waals surface area (Å²) in [6.07, 6.45) is 4.83. The number of nitrogens with zero attached hydrogens (tertiary/aromatic N) is 6. The van der Waals surface area contributed by atoms with Crippen LogP contribution in [0.15, 0.2) is 33.7 Å². The van der Waals surface area contributed by atoms with Crippen LogP contribution in [0.25, 0.3) is 11.5 Å². The molecule has 0 amide bonds. The van der Waals surface area contributed by atoms with Crippen LogP contribution in [-0.4, -0.2) is 42.7 Å². The second-order valence-electron chi connectivity index (χ2n) is 6.47. The third-order valence-electron chi connectivity index (χ3n) is 4.77. The van der Waals surface area contributed by atoms with Crippen molar-refractivity contribution in [2.24, 2.45) is 7.05 Å². The Morgan fingerprint density at radius 3 is 2.88 bits per heavy atom. The fourth-order valence-corrected chi connectivity index (χ4v) is 3.19. The van der Waals surface area contributed by atoms with Gasteiger partial charge in [-0.05, 0) is 25.5 Å². The number of pyridine rings is 1. The average molecular weight is 352 g/mol. The van der Waals surface area contributed by atoms with Crippen molar-refractivity contribution in [3.05, 3.63) is 57.9 Å². The Kier molecular flexibility index (Phi) is 4.34. The predicted octanol–water partition coefficient (Wildman–Crippen LogP) is 1.13. The van der Waals surface area contributed by atoms with Crippen molar-refractivity contribution in [1.29, 1.82) is 0 Å². The minimum absolute atomic E-state index is 0.0611. The molecule has 0 aliphatic carbocycles. The van der Waals surface area contributed by atoms with Crippen LogP contribution in [0.1, 0.15) is 23.0 Å². The van der Waals surface area contributed by atoms with E-state index in [4.69, 9.17) is 4.42 Å². The maximum Gasteiger partial charge on any atom is 0.256 e. The molecule has 0 radical (unpaired) electrons. The van der Waals surface area contributed by atoms with E-state index in [1.54, 1.807) is 24.0 Å². The van der Waals surface area contributed by atoms with E-state index in [1.807, 2.05) is 19.1 Å². The summed E-state index contributed by atoms with van der Waals surface area (Å²) in [7, 11) is 1.77. The van der Waals surface area contributed by atoms with Crippen molar-refractivity contribution < 1.29 is 4.42 Å². The molecule has 134 valence electrons. The summed E-state index contributed by atoms with van der Waals surface area (Å²) in [4.78, 5) is 23.4. The summed E-state index contributed by atoms with van der Waals surface area (Å²) in [6, 6.07) is 3.72. The van der Waals surface area contributed by atoms with Crippen LogP contribution in [0.2, 0.25) is 0 Å². The van der Waals surface area contributed by atoms with Gasteiger partial charge in [-0.25, -0.2) is 4.98 Å². The summed E-state index contributed by atoms with van der Waals surface area (Å²) in [5, 5.41) is 8.25. The van der Waals surface area contributed by atoms with Crippen LogP contribution in [0.4, 0.5) is 0 Å². The lowest BCUT2D eigenvalue weighted by atomic mass is 10.1. The molecule has 8 nitrogen and oxygen atoms in total. The highest BCUT2D eigenvalue weighted by Crippen LogP contribution is 2.18. The number of aromatic nitrogens is 5. The Morgan fingerprint density at radius 2 is 2.08 bits per heavy atom. The summed E-state index contributed by atoms with van der Waals surface area (Å²) < 4.78 is 7.38. The maximum atomic E-state index is 12.5. The summed E-state index contributed by atoms with van der Waals surface area (Å²) >= 11 is 0. The third kappa shape index (κ3) is 3.15. The number of fused-ring (bicyclic) bond motifs is 1. The van der Waals surface area contributed by atoms with Crippen LogP contribution in [-0.2, 0) is 26.4 Å². The van der Waals surface area contributed by atoms with E-state index in [0.29, 0.717) is 24.7 Å². The molecule has 3 aromatic rings. The molecule has 8 heteroatoms. The van der Waals surface area contributed by atoms with E-state index in [-0.39, 0.29) is 5.56 Å². The number of hydrogen-bond acceptors (Lipinski definition) is 7. The van der Waals surface area contributed by atoms with Crippen molar-refractivity contribution >= 4 is 0 Å². The lowest BCUT2D eigenvalue weighted by molar-refractivity contribution is 0.250. The van der Waals surface area contributed by atoms with Gasteiger partial charge in [0.15, 0.2) is 0 Å². The first-order chi connectivity index (χ1) is 12.6. The lowest BCUT2D eigenvalue weighted by Gasteiger charge is -2.16. The minimum Gasteiger partial charge on any atom is -0.419 e. The first-order valence-electron chi connectivity index (χ1n) is 8.62. The van der Waals surface area contributed by atoms with Crippen LogP contribution in [0, 0.1) is 6.92 Å². The Balaban J connectivity index is 1.49. The zero-order chi connectivity index (χ0) is 18.1. The standard InChI is InChI=1S/C18H20N6O2/c1-12-20-15-6-9-24(8-5-14(15)18(25)23(12)2)11-16-21-22-17(26-16)13-4-3-7-19-10-13/h3-4,7,10H,5-6,8-9,11H2,1-2H3. The van der Waals surface area contributed by atoms with Gasteiger partial charge in [0, 0.05) is 44.5 Å². The quantitative estimate of drug-likeness (QED) is 0.698. The van der Waals surface area contributed by atoms with E-state index in [9.17, 15) is 4.79 Å². The second kappa shape index (κ2) is 6.80. The highest BCUT2D eigenvalue weighted by Gasteiger charge is 2.21. The first kappa shape index (κ1) is 16.6. The zero-order valence-electron chi connectivity index (χ0n) is 14.8. The number of rotatable bonds is 3. The Bertz CT molecular complexity index is 979. The van der Waals surface area contributed by atoms with Gasteiger partial charge in [0.2, 0.25) is 11.8 Å². The Labute approximate surface area is 150 Å². The number of hydrogen-bond donors (Lipinski definition) is 0. The molecule has 0 unspecified atom stereocenters.